The molecule has 1 amide bonds. The lowest BCUT2D eigenvalue weighted by atomic mass is 10.1. The van der Waals surface area contributed by atoms with Crippen molar-refractivity contribution in [1.82, 2.24) is 10.3 Å². The van der Waals surface area contributed by atoms with E-state index in [0.717, 1.165) is 22.0 Å². The third-order valence-electron chi connectivity index (χ3n) is 3.06. The number of hydrogen-bond acceptors (Lipinski definition) is 3. The highest BCUT2D eigenvalue weighted by atomic mass is 32.1. The molecule has 1 N–H and O–H groups in total. The quantitative estimate of drug-likeness (QED) is 0.914. The minimum Gasteiger partial charge on any atom is -0.351 e. The summed E-state index contributed by atoms with van der Waals surface area (Å²) in [4.78, 5) is 17.3. The van der Waals surface area contributed by atoms with Crippen LogP contribution < -0.4 is 5.32 Å². The van der Waals surface area contributed by atoms with Gasteiger partial charge in [0.1, 0.15) is 4.88 Å². The molecule has 2 rings (SSSR count). The molecule has 0 unspecified atom stereocenters. The number of thiazole rings is 1. The van der Waals surface area contributed by atoms with E-state index in [2.05, 4.69) is 36.3 Å². The standard InChI is InChI=1S/C16H20N2OS/c1-11(2)16-18-12(3)14(20-16)15(19)17-10-9-13-7-5-4-6-8-13/h4-8,11H,9-10H2,1-3H3,(H,17,19). The summed E-state index contributed by atoms with van der Waals surface area (Å²) in [5.41, 5.74) is 2.06. The lowest BCUT2D eigenvalue weighted by Gasteiger charge is -2.04. The van der Waals surface area contributed by atoms with Crippen LogP contribution in [-0.2, 0) is 6.42 Å². The molecular weight excluding hydrogens is 268 g/mol. The SMILES string of the molecule is Cc1nc(C(C)C)sc1C(=O)NCCc1ccccc1. The number of hydrogen-bond donors (Lipinski definition) is 1. The fourth-order valence-corrected chi connectivity index (χ4v) is 2.91. The Bertz CT molecular complexity index is 575. The molecule has 106 valence electrons. The Kier molecular flexibility index (Phi) is 4.90. The fraction of sp³-hybridized carbons (Fsp3) is 0.375. The van der Waals surface area contributed by atoms with E-state index in [1.54, 1.807) is 0 Å². The lowest BCUT2D eigenvalue weighted by molar-refractivity contribution is 0.0957. The van der Waals surface area contributed by atoms with Gasteiger partial charge in [0, 0.05) is 12.5 Å². The first kappa shape index (κ1) is 14.7. The number of rotatable bonds is 5. The highest BCUT2D eigenvalue weighted by Gasteiger charge is 2.16. The maximum absolute atomic E-state index is 12.2. The van der Waals surface area contributed by atoms with Gasteiger partial charge < -0.3 is 5.32 Å². The number of aryl methyl sites for hydroxylation is 1. The van der Waals surface area contributed by atoms with E-state index in [1.807, 2.05) is 25.1 Å². The molecule has 0 saturated heterocycles. The van der Waals surface area contributed by atoms with Gasteiger partial charge in [-0.1, -0.05) is 44.2 Å². The molecule has 0 radical (unpaired) electrons. The highest BCUT2D eigenvalue weighted by molar-refractivity contribution is 7.13. The summed E-state index contributed by atoms with van der Waals surface area (Å²) in [6.45, 7) is 6.73. The second-order valence-corrected chi connectivity index (χ2v) is 6.14. The Morgan fingerprint density at radius 3 is 2.60 bits per heavy atom. The zero-order chi connectivity index (χ0) is 14.5. The van der Waals surface area contributed by atoms with Crippen molar-refractivity contribution in [1.29, 1.82) is 0 Å². The average Bonchev–Trinajstić information content (AvgIpc) is 2.82. The van der Waals surface area contributed by atoms with Crippen LogP contribution in [0.2, 0.25) is 0 Å². The first-order valence-electron chi connectivity index (χ1n) is 6.87. The fourth-order valence-electron chi connectivity index (χ4n) is 1.92. The summed E-state index contributed by atoms with van der Waals surface area (Å²) >= 11 is 1.50. The second-order valence-electron chi connectivity index (χ2n) is 5.11. The molecule has 0 aliphatic heterocycles. The maximum atomic E-state index is 12.2. The van der Waals surface area contributed by atoms with Gasteiger partial charge in [-0.2, -0.15) is 0 Å². The first-order valence-corrected chi connectivity index (χ1v) is 7.69. The van der Waals surface area contributed by atoms with Crippen LogP contribution in [0, 0.1) is 6.92 Å². The van der Waals surface area contributed by atoms with Crippen LogP contribution in [-0.4, -0.2) is 17.4 Å². The van der Waals surface area contributed by atoms with Crippen molar-refractivity contribution in [2.45, 2.75) is 33.1 Å². The summed E-state index contributed by atoms with van der Waals surface area (Å²) in [6, 6.07) is 10.2. The van der Waals surface area contributed by atoms with Gasteiger partial charge in [-0.3, -0.25) is 4.79 Å². The predicted octanol–water partition coefficient (Wildman–Crippen LogP) is 3.55. The highest BCUT2D eigenvalue weighted by Crippen LogP contribution is 2.24. The zero-order valence-electron chi connectivity index (χ0n) is 12.1. The molecule has 0 spiro atoms. The number of carbonyl (C=O) groups is 1. The van der Waals surface area contributed by atoms with E-state index in [1.165, 1.54) is 16.9 Å². The summed E-state index contributed by atoms with van der Waals surface area (Å²) < 4.78 is 0. The Hall–Kier alpha value is -1.68. The van der Waals surface area contributed by atoms with Crippen molar-refractivity contribution in [2.75, 3.05) is 6.54 Å². The van der Waals surface area contributed by atoms with E-state index in [9.17, 15) is 4.79 Å². The van der Waals surface area contributed by atoms with E-state index < -0.39 is 0 Å². The largest absolute Gasteiger partial charge is 0.351 e. The van der Waals surface area contributed by atoms with Crippen molar-refractivity contribution in [2.24, 2.45) is 0 Å². The Balaban J connectivity index is 1.92. The van der Waals surface area contributed by atoms with Crippen LogP contribution >= 0.6 is 11.3 Å². The van der Waals surface area contributed by atoms with Crippen molar-refractivity contribution < 1.29 is 4.79 Å². The Morgan fingerprint density at radius 2 is 2.00 bits per heavy atom. The van der Waals surface area contributed by atoms with Crippen LogP contribution in [0.5, 0.6) is 0 Å². The molecule has 1 aromatic carbocycles. The summed E-state index contributed by atoms with van der Waals surface area (Å²) in [6.07, 6.45) is 0.849. The molecule has 20 heavy (non-hydrogen) atoms. The van der Waals surface area contributed by atoms with Crippen LogP contribution in [0.15, 0.2) is 30.3 Å². The van der Waals surface area contributed by atoms with Gasteiger partial charge in [-0.15, -0.1) is 11.3 Å². The van der Waals surface area contributed by atoms with E-state index >= 15 is 0 Å². The number of carbonyl (C=O) groups excluding carboxylic acids is 1. The summed E-state index contributed by atoms with van der Waals surface area (Å²) in [5, 5.41) is 4.00. The smallest absolute Gasteiger partial charge is 0.263 e. The predicted molar refractivity (Wildman–Crippen MR) is 83.4 cm³/mol. The molecule has 0 fully saturated rings. The van der Waals surface area contributed by atoms with Gasteiger partial charge in [0.25, 0.3) is 5.91 Å². The van der Waals surface area contributed by atoms with Crippen molar-refractivity contribution >= 4 is 17.2 Å². The van der Waals surface area contributed by atoms with Crippen LogP contribution in [0.3, 0.4) is 0 Å². The molecule has 1 aromatic heterocycles. The maximum Gasteiger partial charge on any atom is 0.263 e. The van der Waals surface area contributed by atoms with Gasteiger partial charge in [-0.05, 0) is 18.9 Å². The van der Waals surface area contributed by atoms with Gasteiger partial charge in [-0.25, -0.2) is 4.98 Å². The van der Waals surface area contributed by atoms with E-state index in [0.29, 0.717) is 12.5 Å². The monoisotopic (exact) mass is 288 g/mol. The first-order chi connectivity index (χ1) is 9.58. The molecule has 0 saturated carbocycles. The van der Waals surface area contributed by atoms with E-state index in [-0.39, 0.29) is 5.91 Å². The number of benzene rings is 1. The lowest BCUT2D eigenvalue weighted by Crippen LogP contribution is -2.25. The second kappa shape index (κ2) is 6.66. The van der Waals surface area contributed by atoms with Crippen molar-refractivity contribution in [3.05, 3.63) is 51.5 Å². The minimum absolute atomic E-state index is 0.0113. The minimum atomic E-state index is -0.0113. The summed E-state index contributed by atoms with van der Waals surface area (Å²) in [5.74, 6) is 0.354. The molecule has 3 nitrogen and oxygen atoms in total. The number of nitrogens with zero attached hydrogens (tertiary/aromatic N) is 1. The van der Waals surface area contributed by atoms with Crippen molar-refractivity contribution in [3.63, 3.8) is 0 Å². The summed E-state index contributed by atoms with van der Waals surface area (Å²) in [7, 11) is 0. The Morgan fingerprint density at radius 1 is 1.30 bits per heavy atom. The molecule has 4 heteroatoms. The third kappa shape index (κ3) is 3.67. The van der Waals surface area contributed by atoms with Crippen molar-refractivity contribution in [3.8, 4) is 0 Å². The van der Waals surface area contributed by atoms with Gasteiger partial charge >= 0.3 is 0 Å². The van der Waals surface area contributed by atoms with Crippen LogP contribution in [0.4, 0.5) is 0 Å². The van der Waals surface area contributed by atoms with Gasteiger partial charge in [0.2, 0.25) is 0 Å². The molecular formula is C16H20N2OS. The number of aromatic nitrogens is 1. The number of nitrogens with one attached hydrogen (secondary N) is 1. The van der Waals surface area contributed by atoms with Crippen LogP contribution in [0.25, 0.3) is 0 Å². The van der Waals surface area contributed by atoms with Gasteiger partial charge in [0.05, 0.1) is 10.7 Å². The third-order valence-corrected chi connectivity index (χ3v) is 4.51. The molecule has 0 atom stereocenters. The van der Waals surface area contributed by atoms with Gasteiger partial charge in [0.15, 0.2) is 0 Å². The van der Waals surface area contributed by atoms with Crippen LogP contribution in [0.1, 0.15) is 45.7 Å². The molecule has 2 aromatic rings. The molecule has 0 aliphatic carbocycles. The van der Waals surface area contributed by atoms with E-state index in [4.69, 9.17) is 0 Å². The normalized spacial score (nSPS) is 10.8. The zero-order valence-corrected chi connectivity index (χ0v) is 13.0. The molecule has 0 bridgehead atoms. The Labute approximate surface area is 124 Å². The number of amides is 1. The molecule has 0 aliphatic rings. The topological polar surface area (TPSA) is 42.0 Å². The molecule has 1 heterocycles. The average molecular weight is 288 g/mol.